The van der Waals surface area contributed by atoms with Gasteiger partial charge in [-0.05, 0) is 41.3 Å². The van der Waals surface area contributed by atoms with E-state index in [9.17, 15) is 0 Å². The summed E-state index contributed by atoms with van der Waals surface area (Å²) >= 11 is 19.1. The van der Waals surface area contributed by atoms with Crippen molar-refractivity contribution in [2.75, 3.05) is 0 Å². The van der Waals surface area contributed by atoms with Crippen LogP contribution in [-0.2, 0) is 5.18 Å². The Morgan fingerprint density at radius 1 is 1.19 bits per heavy atom. The predicted molar refractivity (Wildman–Crippen MR) is 85.0 cm³/mol. The quantitative estimate of drug-likeness (QED) is 0.763. The monoisotopic (exact) mass is 347 g/mol. The van der Waals surface area contributed by atoms with E-state index in [0.29, 0.717) is 10.8 Å². The van der Waals surface area contributed by atoms with Crippen molar-refractivity contribution >= 4 is 34.8 Å². The van der Waals surface area contributed by atoms with Gasteiger partial charge in [0.05, 0.1) is 12.4 Å². The van der Waals surface area contributed by atoms with Gasteiger partial charge in [-0.15, -0.1) is 16.7 Å². The average molecular weight is 349 g/mol. The van der Waals surface area contributed by atoms with E-state index in [1.54, 1.807) is 30.5 Å². The normalized spacial score (nSPS) is 16.3. The van der Waals surface area contributed by atoms with Gasteiger partial charge in [-0.25, -0.2) is 0 Å². The van der Waals surface area contributed by atoms with Gasteiger partial charge in [0.15, 0.2) is 0 Å². The summed E-state index contributed by atoms with van der Waals surface area (Å²) in [5.41, 5.74) is -0.318. The minimum Gasteiger partial charge on any atom is -0.451 e. The van der Waals surface area contributed by atoms with E-state index in [0.717, 1.165) is 0 Å². The van der Waals surface area contributed by atoms with Gasteiger partial charge in [-0.3, -0.25) is 0 Å². The fourth-order valence-electron chi connectivity index (χ4n) is 1.79. The minimum atomic E-state index is -1.40. The molecule has 0 saturated heterocycles. The highest BCUT2D eigenvalue weighted by atomic mass is 35.5. The number of benzene rings is 1. The smallest absolute Gasteiger partial charge is 0.297 e. The largest absolute Gasteiger partial charge is 0.451 e. The molecule has 2 atom stereocenters. The molecular formula is C14H16Cl3N3O. The molecule has 0 spiro atoms. The maximum atomic E-state index is 6.69. The summed E-state index contributed by atoms with van der Waals surface area (Å²) in [6.07, 6.45) is 3.14. The van der Waals surface area contributed by atoms with Crippen LogP contribution in [0.2, 0.25) is 5.02 Å². The van der Waals surface area contributed by atoms with E-state index >= 15 is 0 Å². The number of ether oxygens (including phenoxy) is 1. The lowest BCUT2D eigenvalue weighted by atomic mass is 9.90. The Kier molecular flexibility index (Phi) is 4.71. The predicted octanol–water partition coefficient (Wildman–Crippen LogP) is 4.51. The molecular weight excluding hydrogens is 333 g/mol. The van der Waals surface area contributed by atoms with E-state index in [-0.39, 0.29) is 5.41 Å². The van der Waals surface area contributed by atoms with Crippen molar-refractivity contribution in [1.29, 1.82) is 0 Å². The van der Waals surface area contributed by atoms with E-state index in [1.165, 1.54) is 10.9 Å². The molecule has 0 fully saturated rings. The number of halogens is 3. The zero-order valence-corrected chi connectivity index (χ0v) is 14.2. The first-order valence-electron chi connectivity index (χ1n) is 6.38. The Hall–Kier alpha value is -0.970. The van der Waals surface area contributed by atoms with Crippen molar-refractivity contribution in [3.8, 4) is 5.75 Å². The Bertz CT molecular complexity index is 581. The minimum absolute atomic E-state index is 0.318. The molecule has 21 heavy (non-hydrogen) atoms. The average Bonchev–Trinajstić information content (AvgIpc) is 2.94. The number of alkyl halides is 2. The molecule has 0 amide bonds. The Labute approximate surface area is 138 Å². The van der Waals surface area contributed by atoms with Crippen LogP contribution in [0, 0.1) is 5.41 Å². The van der Waals surface area contributed by atoms with Gasteiger partial charge in [0.25, 0.3) is 5.18 Å². The molecule has 2 aromatic rings. The molecule has 0 bridgehead atoms. The summed E-state index contributed by atoms with van der Waals surface area (Å²) in [6, 6.07) is 6.89. The van der Waals surface area contributed by atoms with Crippen LogP contribution in [0.3, 0.4) is 0 Å². The Balaban J connectivity index is 2.39. The maximum Gasteiger partial charge on any atom is 0.297 e. The van der Waals surface area contributed by atoms with Crippen molar-refractivity contribution in [2.45, 2.75) is 31.3 Å². The third-order valence-corrected chi connectivity index (χ3v) is 4.67. The van der Waals surface area contributed by atoms with Gasteiger partial charge < -0.3 is 4.74 Å². The van der Waals surface area contributed by atoms with Crippen molar-refractivity contribution in [3.05, 3.63) is 41.7 Å². The zero-order valence-electron chi connectivity index (χ0n) is 11.9. The fraction of sp³-hybridized carbons (Fsp3) is 0.429. The third-order valence-electron chi connectivity index (χ3n) is 2.88. The molecule has 1 aromatic carbocycles. The number of hydrogen-bond acceptors (Lipinski definition) is 3. The molecule has 0 aliphatic heterocycles. The lowest BCUT2D eigenvalue weighted by Crippen LogP contribution is -2.48. The van der Waals surface area contributed by atoms with Crippen LogP contribution in [-0.4, -0.2) is 20.4 Å². The van der Waals surface area contributed by atoms with Gasteiger partial charge in [0.2, 0.25) is 0 Å². The summed E-state index contributed by atoms with van der Waals surface area (Å²) in [5, 5.41) is 6.36. The molecule has 1 heterocycles. The Morgan fingerprint density at radius 2 is 1.81 bits per heavy atom. The topological polar surface area (TPSA) is 39.9 Å². The standard InChI is InChI=1S/C14H16Cl3N3O/c1-13(2,3)12(16)14(17,20-9-8-18-19-20)21-11-6-4-10(15)5-7-11/h4-9,12H,1-3H3. The van der Waals surface area contributed by atoms with E-state index in [1.807, 2.05) is 20.8 Å². The highest BCUT2D eigenvalue weighted by Gasteiger charge is 2.47. The van der Waals surface area contributed by atoms with Gasteiger partial charge in [0, 0.05) is 5.02 Å². The lowest BCUT2D eigenvalue weighted by molar-refractivity contribution is 0.0301. The molecule has 0 aliphatic rings. The molecule has 0 radical (unpaired) electrons. The summed E-state index contributed by atoms with van der Waals surface area (Å²) in [5.74, 6) is 0.541. The van der Waals surface area contributed by atoms with Gasteiger partial charge in [-0.2, -0.15) is 4.68 Å². The number of rotatable bonds is 4. The second-order valence-electron chi connectivity index (χ2n) is 5.74. The number of nitrogens with zero attached hydrogens (tertiary/aromatic N) is 3. The first kappa shape index (κ1) is 16.4. The third kappa shape index (κ3) is 3.62. The van der Waals surface area contributed by atoms with Crippen LogP contribution in [0.5, 0.6) is 5.75 Å². The molecule has 7 heteroatoms. The summed E-state index contributed by atoms with van der Waals surface area (Å²) in [6.45, 7) is 5.93. The van der Waals surface area contributed by atoms with Crippen molar-refractivity contribution in [2.24, 2.45) is 5.41 Å². The molecule has 114 valence electrons. The second-order valence-corrected chi connectivity index (χ2v) is 7.16. The van der Waals surface area contributed by atoms with Crippen LogP contribution in [0.15, 0.2) is 36.7 Å². The molecule has 4 nitrogen and oxygen atoms in total. The molecule has 0 saturated carbocycles. The number of aromatic nitrogens is 3. The van der Waals surface area contributed by atoms with Gasteiger partial charge in [-0.1, -0.05) is 37.6 Å². The highest BCUT2D eigenvalue weighted by Crippen LogP contribution is 2.41. The summed E-state index contributed by atoms with van der Waals surface area (Å²) < 4.78 is 7.33. The van der Waals surface area contributed by atoms with E-state index in [2.05, 4.69) is 10.3 Å². The van der Waals surface area contributed by atoms with Crippen LogP contribution < -0.4 is 4.74 Å². The Morgan fingerprint density at radius 3 is 2.29 bits per heavy atom. The second kappa shape index (κ2) is 6.03. The van der Waals surface area contributed by atoms with E-state index < -0.39 is 10.6 Å². The zero-order chi connectivity index (χ0) is 15.7. The van der Waals surface area contributed by atoms with E-state index in [4.69, 9.17) is 39.5 Å². The van der Waals surface area contributed by atoms with Crippen LogP contribution in [0.1, 0.15) is 20.8 Å². The van der Waals surface area contributed by atoms with Crippen molar-refractivity contribution < 1.29 is 4.74 Å². The van der Waals surface area contributed by atoms with Crippen LogP contribution in [0.25, 0.3) is 0 Å². The maximum absolute atomic E-state index is 6.69. The molecule has 1 aromatic heterocycles. The first-order chi connectivity index (χ1) is 9.73. The molecule has 0 N–H and O–H groups in total. The lowest BCUT2D eigenvalue weighted by Gasteiger charge is -2.38. The van der Waals surface area contributed by atoms with Crippen molar-refractivity contribution in [3.63, 3.8) is 0 Å². The molecule has 0 aliphatic carbocycles. The van der Waals surface area contributed by atoms with Crippen LogP contribution in [0.4, 0.5) is 0 Å². The van der Waals surface area contributed by atoms with Gasteiger partial charge >= 0.3 is 0 Å². The molecule has 2 unspecified atom stereocenters. The van der Waals surface area contributed by atoms with Crippen LogP contribution >= 0.6 is 34.8 Å². The number of hydrogen-bond donors (Lipinski definition) is 0. The van der Waals surface area contributed by atoms with Crippen molar-refractivity contribution in [1.82, 2.24) is 15.0 Å². The highest BCUT2D eigenvalue weighted by molar-refractivity contribution is 6.31. The molecule has 2 rings (SSSR count). The fourth-order valence-corrected chi connectivity index (χ4v) is 2.56. The summed E-state index contributed by atoms with van der Waals surface area (Å²) in [4.78, 5) is 0. The summed E-state index contributed by atoms with van der Waals surface area (Å²) in [7, 11) is 0. The SMILES string of the molecule is CC(C)(C)C(Cl)C(Cl)(Oc1ccc(Cl)cc1)n1ccnn1. The first-order valence-corrected chi connectivity index (χ1v) is 7.57. The van der Waals surface area contributed by atoms with Gasteiger partial charge in [0.1, 0.15) is 11.1 Å².